The van der Waals surface area contributed by atoms with Gasteiger partial charge in [-0.05, 0) is 54.2 Å². The van der Waals surface area contributed by atoms with Crippen LogP contribution in [0.3, 0.4) is 0 Å². The average molecular weight is 376 g/mol. The molecule has 5 heteroatoms. The lowest BCUT2D eigenvalue weighted by molar-refractivity contribution is 0.1000. The summed E-state index contributed by atoms with van der Waals surface area (Å²) >= 11 is 0. The van der Waals surface area contributed by atoms with Crippen molar-refractivity contribution < 1.29 is 9.21 Å². The Morgan fingerprint density at radius 2 is 1.79 bits per heavy atom. The number of fused-ring (bicyclic) bond motifs is 1. The van der Waals surface area contributed by atoms with Crippen LogP contribution in [0.25, 0.3) is 11.0 Å². The number of nitrogens with two attached hydrogens (primary N) is 1. The van der Waals surface area contributed by atoms with Crippen LogP contribution >= 0.6 is 0 Å². The third kappa shape index (κ3) is 3.99. The first kappa shape index (κ1) is 18.4. The van der Waals surface area contributed by atoms with Crippen LogP contribution in [0.1, 0.15) is 46.8 Å². The fraction of sp³-hybridized carbons (Fsp3) is 0.304. The standard InChI is InChI=1S/C23H24N2O3/c1-2-15-5-10-20-18(12-22(26)28-21(20)11-15)14-25(19-8-9-19)13-16-3-6-17(7-4-16)23(24)27/h3-7,10-12,19H,2,8-9,13-14H2,1H3,(H2,24,27). The van der Waals surface area contributed by atoms with Gasteiger partial charge in [0.25, 0.3) is 0 Å². The predicted molar refractivity (Wildman–Crippen MR) is 109 cm³/mol. The van der Waals surface area contributed by atoms with Crippen LogP contribution in [0.2, 0.25) is 0 Å². The van der Waals surface area contributed by atoms with E-state index < -0.39 is 5.91 Å². The molecule has 1 saturated carbocycles. The largest absolute Gasteiger partial charge is 0.423 e. The van der Waals surface area contributed by atoms with Gasteiger partial charge in [-0.3, -0.25) is 9.69 Å². The van der Waals surface area contributed by atoms with Gasteiger partial charge in [-0.15, -0.1) is 0 Å². The Morgan fingerprint density at radius 1 is 1.07 bits per heavy atom. The van der Waals surface area contributed by atoms with E-state index in [0.717, 1.165) is 35.0 Å². The molecule has 0 aliphatic heterocycles. The van der Waals surface area contributed by atoms with Gasteiger partial charge in [0.05, 0.1) is 0 Å². The summed E-state index contributed by atoms with van der Waals surface area (Å²) in [6, 6.07) is 15.7. The fourth-order valence-corrected chi connectivity index (χ4v) is 3.61. The summed E-state index contributed by atoms with van der Waals surface area (Å²) < 4.78 is 5.44. The van der Waals surface area contributed by atoms with Crippen LogP contribution in [0.4, 0.5) is 0 Å². The molecular weight excluding hydrogens is 352 g/mol. The van der Waals surface area contributed by atoms with Crippen molar-refractivity contribution in [2.75, 3.05) is 0 Å². The summed E-state index contributed by atoms with van der Waals surface area (Å²) in [7, 11) is 0. The molecule has 1 aliphatic carbocycles. The van der Waals surface area contributed by atoms with Gasteiger partial charge in [0.15, 0.2) is 0 Å². The number of hydrogen-bond acceptors (Lipinski definition) is 4. The van der Waals surface area contributed by atoms with Crippen molar-refractivity contribution in [2.24, 2.45) is 5.73 Å². The molecule has 0 atom stereocenters. The zero-order valence-electron chi connectivity index (χ0n) is 16.0. The van der Waals surface area contributed by atoms with Gasteiger partial charge < -0.3 is 10.2 Å². The molecule has 0 saturated heterocycles. The minimum Gasteiger partial charge on any atom is -0.423 e. The second kappa shape index (κ2) is 7.60. The topological polar surface area (TPSA) is 76.5 Å². The number of aryl methyl sites for hydroxylation is 1. The minimum atomic E-state index is -0.417. The maximum absolute atomic E-state index is 12.1. The van der Waals surface area contributed by atoms with Gasteiger partial charge in [-0.1, -0.05) is 31.2 Å². The molecule has 1 fully saturated rings. The first-order valence-electron chi connectivity index (χ1n) is 9.72. The van der Waals surface area contributed by atoms with Crippen LogP contribution in [0, 0.1) is 0 Å². The highest BCUT2D eigenvalue weighted by Gasteiger charge is 2.29. The molecule has 5 nitrogen and oxygen atoms in total. The molecule has 0 radical (unpaired) electrons. The first-order chi connectivity index (χ1) is 13.5. The number of carbonyl (C=O) groups is 1. The molecule has 3 aromatic rings. The molecular formula is C23H24N2O3. The summed E-state index contributed by atoms with van der Waals surface area (Å²) in [5.41, 5.74) is 9.46. The van der Waals surface area contributed by atoms with Crippen molar-refractivity contribution in [3.63, 3.8) is 0 Å². The molecule has 144 valence electrons. The van der Waals surface area contributed by atoms with Crippen molar-refractivity contribution in [1.29, 1.82) is 0 Å². The Balaban J connectivity index is 1.61. The monoisotopic (exact) mass is 376 g/mol. The van der Waals surface area contributed by atoms with E-state index in [-0.39, 0.29) is 5.63 Å². The molecule has 1 aliphatic rings. The normalized spacial score (nSPS) is 13.9. The third-order valence-corrected chi connectivity index (χ3v) is 5.36. The summed E-state index contributed by atoms with van der Waals surface area (Å²) in [6.45, 7) is 3.54. The Hall–Kier alpha value is -2.92. The van der Waals surface area contributed by atoms with E-state index in [1.807, 2.05) is 18.2 Å². The van der Waals surface area contributed by atoms with E-state index in [1.165, 1.54) is 12.8 Å². The molecule has 1 aromatic heterocycles. The van der Waals surface area contributed by atoms with Crippen molar-refractivity contribution in [3.05, 3.63) is 81.2 Å². The number of amides is 1. The number of nitrogens with zero attached hydrogens (tertiary/aromatic N) is 1. The van der Waals surface area contributed by atoms with E-state index in [1.54, 1.807) is 18.2 Å². The summed E-state index contributed by atoms with van der Waals surface area (Å²) in [6.07, 6.45) is 3.23. The Labute approximate surface area is 163 Å². The quantitative estimate of drug-likeness (QED) is 0.639. The second-order valence-electron chi connectivity index (χ2n) is 7.47. The molecule has 2 N–H and O–H groups in total. The van der Waals surface area contributed by atoms with E-state index in [0.29, 0.717) is 23.7 Å². The van der Waals surface area contributed by atoms with E-state index in [9.17, 15) is 9.59 Å². The van der Waals surface area contributed by atoms with E-state index >= 15 is 0 Å². The number of carbonyl (C=O) groups excluding carboxylic acids is 1. The zero-order valence-corrected chi connectivity index (χ0v) is 16.0. The maximum Gasteiger partial charge on any atom is 0.336 e. The Kier molecular flexibility index (Phi) is 5.01. The second-order valence-corrected chi connectivity index (χ2v) is 7.47. The van der Waals surface area contributed by atoms with Crippen molar-refractivity contribution in [1.82, 2.24) is 4.90 Å². The molecule has 28 heavy (non-hydrogen) atoms. The van der Waals surface area contributed by atoms with E-state index in [2.05, 4.69) is 24.0 Å². The molecule has 0 spiro atoms. The molecule has 1 amide bonds. The average Bonchev–Trinajstić information content (AvgIpc) is 3.52. The minimum absolute atomic E-state index is 0.308. The van der Waals surface area contributed by atoms with Gasteiger partial charge in [0, 0.05) is 36.1 Å². The summed E-state index contributed by atoms with van der Waals surface area (Å²) in [4.78, 5) is 25.8. The lowest BCUT2D eigenvalue weighted by atomic mass is 10.1. The van der Waals surface area contributed by atoms with Crippen molar-refractivity contribution in [3.8, 4) is 0 Å². The number of primary amides is 1. The summed E-state index contributed by atoms with van der Waals surface area (Å²) in [5, 5.41) is 0.992. The predicted octanol–water partition coefficient (Wildman–Crippen LogP) is 3.62. The highest BCUT2D eigenvalue weighted by molar-refractivity contribution is 5.92. The lowest BCUT2D eigenvalue weighted by Crippen LogP contribution is -2.25. The molecule has 2 aromatic carbocycles. The number of hydrogen-bond donors (Lipinski definition) is 1. The van der Waals surface area contributed by atoms with Gasteiger partial charge in [-0.2, -0.15) is 0 Å². The van der Waals surface area contributed by atoms with Gasteiger partial charge >= 0.3 is 5.63 Å². The van der Waals surface area contributed by atoms with Crippen LogP contribution in [-0.4, -0.2) is 16.8 Å². The van der Waals surface area contributed by atoms with E-state index in [4.69, 9.17) is 10.2 Å². The van der Waals surface area contributed by atoms with Crippen LogP contribution in [0.5, 0.6) is 0 Å². The first-order valence-corrected chi connectivity index (χ1v) is 9.72. The van der Waals surface area contributed by atoms with Crippen LogP contribution in [0.15, 0.2) is 57.7 Å². The molecule has 0 bridgehead atoms. The molecule has 0 unspecified atom stereocenters. The van der Waals surface area contributed by atoms with Crippen molar-refractivity contribution in [2.45, 2.75) is 45.3 Å². The van der Waals surface area contributed by atoms with Crippen molar-refractivity contribution >= 4 is 16.9 Å². The van der Waals surface area contributed by atoms with Gasteiger partial charge in [0.1, 0.15) is 5.58 Å². The Morgan fingerprint density at radius 3 is 2.43 bits per heavy atom. The number of rotatable bonds is 7. The smallest absolute Gasteiger partial charge is 0.336 e. The SMILES string of the molecule is CCc1ccc2c(CN(Cc3ccc(C(N)=O)cc3)C3CC3)cc(=O)oc2c1. The molecule has 4 rings (SSSR count). The molecule has 1 heterocycles. The Bertz CT molecular complexity index is 1070. The van der Waals surface area contributed by atoms with Crippen LogP contribution in [-0.2, 0) is 19.5 Å². The maximum atomic E-state index is 12.1. The van der Waals surface area contributed by atoms with Gasteiger partial charge in [0.2, 0.25) is 5.91 Å². The number of benzene rings is 2. The van der Waals surface area contributed by atoms with Gasteiger partial charge in [-0.25, -0.2) is 4.79 Å². The fourth-order valence-electron chi connectivity index (χ4n) is 3.61. The third-order valence-electron chi connectivity index (χ3n) is 5.36. The highest BCUT2D eigenvalue weighted by Crippen LogP contribution is 2.31. The van der Waals surface area contributed by atoms with Crippen LogP contribution < -0.4 is 11.4 Å². The zero-order chi connectivity index (χ0) is 19.7. The highest BCUT2D eigenvalue weighted by atomic mass is 16.4. The summed E-state index contributed by atoms with van der Waals surface area (Å²) in [5.74, 6) is -0.417. The lowest BCUT2D eigenvalue weighted by Gasteiger charge is -2.23.